The Bertz CT molecular complexity index is 809. The molecule has 3 rings (SSSR count). The van der Waals surface area contributed by atoms with Crippen LogP contribution in [0.2, 0.25) is 0 Å². The maximum Gasteiger partial charge on any atom is 0.419 e. The molecule has 0 spiro atoms. The lowest BCUT2D eigenvalue weighted by molar-refractivity contribution is -0.139. The third kappa shape index (κ3) is 4.03. The van der Waals surface area contributed by atoms with Crippen molar-refractivity contribution in [3.8, 4) is 5.75 Å². The molecule has 0 saturated carbocycles. The normalized spacial score (nSPS) is 14.4. The number of nitrogens with zero attached hydrogens (tertiary/aromatic N) is 3. The van der Waals surface area contributed by atoms with Crippen molar-refractivity contribution in [2.45, 2.75) is 12.8 Å². The van der Waals surface area contributed by atoms with Crippen molar-refractivity contribution in [3.63, 3.8) is 0 Å². The summed E-state index contributed by atoms with van der Waals surface area (Å²) in [5, 5.41) is 6.36. The van der Waals surface area contributed by atoms with Crippen LogP contribution in [-0.4, -0.2) is 28.3 Å². The Labute approximate surface area is 139 Å². The van der Waals surface area contributed by atoms with Crippen LogP contribution >= 0.6 is 0 Å². The molecule has 2 aromatic rings. The molecule has 7 nitrogen and oxygen atoms in total. The van der Waals surface area contributed by atoms with E-state index in [1.165, 1.54) is 30.7 Å². The Balaban J connectivity index is 1.87. The molecule has 1 aromatic heterocycles. The van der Waals surface area contributed by atoms with Crippen molar-refractivity contribution >= 4 is 11.7 Å². The van der Waals surface area contributed by atoms with Crippen molar-refractivity contribution in [2.24, 2.45) is 5.10 Å². The lowest BCUT2D eigenvalue weighted by Crippen LogP contribution is -2.42. The molecule has 130 valence electrons. The van der Waals surface area contributed by atoms with Gasteiger partial charge in [0.2, 0.25) is 0 Å². The molecule has 25 heavy (non-hydrogen) atoms. The molecule has 0 radical (unpaired) electrons. The highest BCUT2D eigenvalue weighted by Gasteiger charge is 2.35. The molecule has 0 unspecified atom stereocenters. The van der Waals surface area contributed by atoms with Gasteiger partial charge in [-0.2, -0.15) is 18.3 Å². The number of hydrogen-bond donors (Lipinski definition) is 2. The molecular weight excluding hydrogens is 339 g/mol. The molecule has 1 aliphatic heterocycles. The highest BCUT2D eigenvalue weighted by Crippen LogP contribution is 2.37. The molecule has 2 N–H and O–H groups in total. The lowest BCUT2D eigenvalue weighted by Gasteiger charge is -2.18. The van der Waals surface area contributed by atoms with Gasteiger partial charge in [0.25, 0.3) is 5.91 Å². The number of carbonyl (C=O) groups is 1. The molecule has 1 aromatic carbocycles. The van der Waals surface area contributed by atoms with Crippen LogP contribution in [0.1, 0.15) is 16.8 Å². The van der Waals surface area contributed by atoms with E-state index in [1.54, 1.807) is 0 Å². The average Bonchev–Trinajstić information content (AvgIpc) is 2.61. The van der Waals surface area contributed by atoms with E-state index in [0.29, 0.717) is 5.69 Å². The van der Waals surface area contributed by atoms with Gasteiger partial charge in [-0.25, -0.2) is 5.43 Å². The summed E-state index contributed by atoms with van der Waals surface area (Å²) in [6.45, 7) is -0.212. The van der Waals surface area contributed by atoms with Crippen molar-refractivity contribution in [3.05, 3.63) is 53.6 Å². The van der Waals surface area contributed by atoms with Gasteiger partial charge < -0.3 is 10.1 Å². The third-order valence-corrected chi connectivity index (χ3v) is 3.26. The van der Waals surface area contributed by atoms with E-state index in [4.69, 9.17) is 4.74 Å². The Morgan fingerprint density at radius 1 is 1.24 bits per heavy atom. The van der Waals surface area contributed by atoms with E-state index in [-0.39, 0.29) is 36.2 Å². The van der Waals surface area contributed by atoms with Crippen LogP contribution in [0.5, 0.6) is 5.75 Å². The summed E-state index contributed by atoms with van der Waals surface area (Å²) >= 11 is 0. The number of halogens is 3. The number of hydrazone groups is 1. The van der Waals surface area contributed by atoms with E-state index in [2.05, 4.69) is 25.8 Å². The summed E-state index contributed by atoms with van der Waals surface area (Å²) < 4.78 is 45.3. The zero-order valence-corrected chi connectivity index (χ0v) is 12.7. The lowest BCUT2D eigenvalue weighted by atomic mass is 10.1. The predicted octanol–water partition coefficient (Wildman–Crippen LogP) is 1.46. The monoisotopic (exact) mass is 351 g/mol. The van der Waals surface area contributed by atoms with Gasteiger partial charge in [-0.3, -0.25) is 14.8 Å². The van der Waals surface area contributed by atoms with Crippen LogP contribution in [-0.2, 0) is 17.6 Å². The molecule has 1 aliphatic rings. The first kappa shape index (κ1) is 16.7. The Kier molecular flexibility index (Phi) is 4.50. The quantitative estimate of drug-likeness (QED) is 0.871. The Hall–Kier alpha value is -3.17. The fourth-order valence-corrected chi connectivity index (χ4v) is 2.11. The van der Waals surface area contributed by atoms with Crippen molar-refractivity contribution in [2.75, 3.05) is 6.54 Å². The number of rotatable bonds is 4. The first-order chi connectivity index (χ1) is 11.9. The fourth-order valence-electron chi connectivity index (χ4n) is 2.11. The molecule has 2 heterocycles. The van der Waals surface area contributed by atoms with E-state index < -0.39 is 11.7 Å². The van der Waals surface area contributed by atoms with Gasteiger partial charge in [0.15, 0.2) is 5.84 Å². The van der Waals surface area contributed by atoms with Gasteiger partial charge >= 0.3 is 6.18 Å². The number of nitrogens with one attached hydrogen (secondary N) is 2. The van der Waals surface area contributed by atoms with Gasteiger partial charge in [-0.1, -0.05) is 0 Å². The molecule has 0 bridgehead atoms. The third-order valence-electron chi connectivity index (χ3n) is 3.26. The molecule has 10 heteroatoms. The van der Waals surface area contributed by atoms with E-state index in [9.17, 15) is 18.0 Å². The van der Waals surface area contributed by atoms with Gasteiger partial charge in [0, 0.05) is 18.0 Å². The minimum atomic E-state index is -4.62. The second kappa shape index (κ2) is 6.75. The fraction of sp³-hybridized carbons (Fsp3) is 0.200. The summed E-state index contributed by atoms with van der Waals surface area (Å²) in [4.78, 5) is 18.8. The van der Waals surface area contributed by atoms with Gasteiger partial charge in [-0.15, -0.1) is 0 Å². The first-order valence-corrected chi connectivity index (χ1v) is 7.13. The minimum absolute atomic E-state index is 0.0644. The largest absolute Gasteiger partial charge is 0.487 e. The van der Waals surface area contributed by atoms with Crippen LogP contribution in [0.3, 0.4) is 0 Å². The smallest absolute Gasteiger partial charge is 0.419 e. The summed E-state index contributed by atoms with van der Waals surface area (Å²) in [5.74, 6) is -0.559. The highest BCUT2D eigenvalue weighted by atomic mass is 19.4. The highest BCUT2D eigenvalue weighted by molar-refractivity contribution is 6.03. The number of benzene rings is 1. The van der Waals surface area contributed by atoms with Gasteiger partial charge in [0.05, 0.1) is 24.0 Å². The summed E-state index contributed by atoms with van der Waals surface area (Å²) in [6, 6.07) is 3.54. The summed E-state index contributed by atoms with van der Waals surface area (Å²) in [6.07, 6.45) is -0.332. The Morgan fingerprint density at radius 2 is 2.08 bits per heavy atom. The molecule has 0 aliphatic carbocycles. The first-order valence-electron chi connectivity index (χ1n) is 7.13. The van der Waals surface area contributed by atoms with E-state index in [0.717, 1.165) is 6.07 Å². The maximum atomic E-state index is 13.3. The second-order valence-electron chi connectivity index (χ2n) is 5.04. The zero-order chi connectivity index (χ0) is 17.9. The standard InChI is InChI=1S/C15H12F3N5O2/c16-15(17,18)11-5-9(14-21-7-13(24)22-23-14)1-2-12(11)25-8-10-6-19-3-4-20-10/h1-6H,7-8H2,(H,21,23)(H,22,24). The minimum Gasteiger partial charge on any atom is -0.487 e. The van der Waals surface area contributed by atoms with Gasteiger partial charge in [0.1, 0.15) is 12.4 Å². The predicted molar refractivity (Wildman–Crippen MR) is 80.5 cm³/mol. The van der Waals surface area contributed by atoms with Crippen molar-refractivity contribution in [1.29, 1.82) is 0 Å². The number of amidine groups is 1. The Morgan fingerprint density at radius 3 is 2.72 bits per heavy atom. The number of amides is 1. The van der Waals surface area contributed by atoms with Crippen LogP contribution in [0, 0.1) is 0 Å². The van der Waals surface area contributed by atoms with Crippen molar-refractivity contribution < 1.29 is 22.7 Å². The number of carbonyl (C=O) groups excluding carboxylic acids is 1. The molecule has 0 fully saturated rings. The van der Waals surface area contributed by atoms with Crippen LogP contribution in [0.4, 0.5) is 13.2 Å². The zero-order valence-electron chi connectivity index (χ0n) is 12.7. The summed E-state index contributed by atoms with van der Waals surface area (Å²) in [5.41, 5.74) is 1.84. The topological polar surface area (TPSA) is 88.5 Å². The second-order valence-corrected chi connectivity index (χ2v) is 5.04. The van der Waals surface area contributed by atoms with Crippen LogP contribution < -0.4 is 15.5 Å². The maximum absolute atomic E-state index is 13.3. The van der Waals surface area contributed by atoms with Crippen LogP contribution in [0.25, 0.3) is 0 Å². The van der Waals surface area contributed by atoms with E-state index in [1.807, 2.05) is 0 Å². The molecule has 1 amide bonds. The number of hydrogen-bond acceptors (Lipinski definition) is 6. The number of aromatic nitrogens is 2. The van der Waals surface area contributed by atoms with Crippen molar-refractivity contribution in [1.82, 2.24) is 20.7 Å². The molecule has 0 atom stereocenters. The number of alkyl halides is 3. The molecular formula is C15H12F3N5O2. The van der Waals surface area contributed by atoms with E-state index >= 15 is 0 Å². The van der Waals surface area contributed by atoms with Crippen LogP contribution in [0.15, 0.2) is 41.9 Å². The molecule has 0 saturated heterocycles. The SMILES string of the molecule is O=C1CNC(c2ccc(OCc3cnccn3)c(C(F)(F)F)c2)=NN1. The van der Waals surface area contributed by atoms with Gasteiger partial charge in [-0.05, 0) is 18.2 Å². The average molecular weight is 351 g/mol. The summed E-state index contributed by atoms with van der Waals surface area (Å²) in [7, 11) is 0. The number of ether oxygens (including phenoxy) is 1.